The van der Waals surface area contributed by atoms with E-state index in [1.807, 2.05) is 0 Å². The fourth-order valence-electron chi connectivity index (χ4n) is 6.19. The van der Waals surface area contributed by atoms with Crippen molar-refractivity contribution < 1.29 is 4.57 Å². The van der Waals surface area contributed by atoms with Gasteiger partial charge in [0.05, 0.1) is 5.56 Å². The molecule has 0 saturated heterocycles. The van der Waals surface area contributed by atoms with Gasteiger partial charge in [0.2, 0.25) is 0 Å². The molecule has 0 aliphatic carbocycles. The standard InChI is InChI=1S/C31H43N2/c1-10-31(11-2)23(9)32-16-17-33(30(32)25-14-12-13-15-28(25)31)29-26(21(5)6)18-24(20(3)4)19-27(29)22(7)8/h12-23H,10-11H2,1-9H3/q+1. The molecule has 1 atom stereocenters. The van der Waals surface area contributed by atoms with Crippen LogP contribution in [0, 0.1) is 0 Å². The smallest absolute Gasteiger partial charge is 0.226 e. The molecule has 2 nitrogen and oxygen atoms in total. The number of hydrogen-bond acceptors (Lipinski definition) is 0. The van der Waals surface area contributed by atoms with E-state index in [-0.39, 0.29) is 5.41 Å². The Morgan fingerprint density at radius 1 is 0.879 bits per heavy atom. The van der Waals surface area contributed by atoms with E-state index in [4.69, 9.17) is 0 Å². The van der Waals surface area contributed by atoms with Crippen LogP contribution >= 0.6 is 0 Å². The zero-order valence-corrected chi connectivity index (χ0v) is 22.2. The van der Waals surface area contributed by atoms with Crippen LogP contribution in [0.5, 0.6) is 0 Å². The number of imidazole rings is 1. The molecule has 0 fully saturated rings. The van der Waals surface area contributed by atoms with Gasteiger partial charge in [-0.3, -0.25) is 0 Å². The summed E-state index contributed by atoms with van der Waals surface area (Å²) in [4.78, 5) is 0. The van der Waals surface area contributed by atoms with Gasteiger partial charge in [-0.2, -0.15) is 4.57 Å². The molecule has 1 unspecified atom stereocenters. The number of aromatic nitrogens is 2. The van der Waals surface area contributed by atoms with Gasteiger partial charge in [-0.15, -0.1) is 0 Å². The van der Waals surface area contributed by atoms with Gasteiger partial charge in [0.1, 0.15) is 24.1 Å². The Kier molecular flexibility index (Phi) is 6.33. The maximum atomic E-state index is 2.56. The van der Waals surface area contributed by atoms with Crippen molar-refractivity contribution in [2.45, 2.75) is 104 Å². The Bertz CT molecular complexity index is 1110. The molecule has 33 heavy (non-hydrogen) atoms. The number of fused-ring (bicyclic) bond motifs is 3. The van der Waals surface area contributed by atoms with E-state index in [0.29, 0.717) is 23.8 Å². The highest BCUT2D eigenvalue weighted by Gasteiger charge is 2.47. The van der Waals surface area contributed by atoms with Gasteiger partial charge >= 0.3 is 0 Å². The van der Waals surface area contributed by atoms with Crippen LogP contribution in [0.4, 0.5) is 0 Å². The van der Waals surface area contributed by atoms with Crippen molar-refractivity contribution in [3.63, 3.8) is 0 Å². The number of rotatable bonds is 6. The molecule has 4 rings (SSSR count). The molecule has 0 saturated carbocycles. The summed E-state index contributed by atoms with van der Waals surface area (Å²) in [5.74, 6) is 2.77. The number of hydrogen-bond donors (Lipinski definition) is 0. The topological polar surface area (TPSA) is 8.81 Å². The van der Waals surface area contributed by atoms with E-state index in [9.17, 15) is 0 Å². The lowest BCUT2D eigenvalue weighted by atomic mass is 9.67. The Morgan fingerprint density at radius 3 is 1.97 bits per heavy atom. The van der Waals surface area contributed by atoms with Crippen molar-refractivity contribution in [3.8, 4) is 17.1 Å². The monoisotopic (exact) mass is 443 g/mol. The summed E-state index contributed by atoms with van der Waals surface area (Å²) < 4.78 is 5.07. The first-order valence-electron chi connectivity index (χ1n) is 13.1. The van der Waals surface area contributed by atoms with Gasteiger partial charge in [0.15, 0.2) is 0 Å². The second-order valence-corrected chi connectivity index (χ2v) is 11.0. The molecular weight excluding hydrogens is 400 g/mol. The minimum Gasteiger partial charge on any atom is -0.226 e. The number of benzene rings is 2. The van der Waals surface area contributed by atoms with Crippen molar-refractivity contribution in [2.24, 2.45) is 0 Å². The lowest BCUT2D eigenvalue weighted by Gasteiger charge is -2.40. The molecule has 0 bridgehead atoms. The summed E-state index contributed by atoms with van der Waals surface area (Å²) in [6, 6.07) is 14.5. The van der Waals surface area contributed by atoms with E-state index >= 15 is 0 Å². The maximum absolute atomic E-state index is 2.56. The predicted octanol–water partition coefficient (Wildman–Crippen LogP) is 8.43. The molecule has 2 heteroatoms. The van der Waals surface area contributed by atoms with Crippen LogP contribution in [-0.2, 0) is 5.41 Å². The third kappa shape index (κ3) is 3.57. The minimum absolute atomic E-state index is 0.170. The van der Waals surface area contributed by atoms with E-state index in [1.165, 1.54) is 39.3 Å². The highest BCUT2D eigenvalue weighted by atomic mass is 15.2. The number of nitrogens with zero attached hydrogens (tertiary/aromatic N) is 2. The van der Waals surface area contributed by atoms with Crippen LogP contribution < -0.4 is 4.57 Å². The third-order valence-electron chi connectivity index (χ3n) is 8.38. The van der Waals surface area contributed by atoms with Crippen LogP contribution in [0.2, 0.25) is 0 Å². The summed E-state index contributed by atoms with van der Waals surface area (Å²) in [5, 5.41) is 0. The van der Waals surface area contributed by atoms with Gasteiger partial charge in [0, 0.05) is 16.5 Å². The molecule has 0 radical (unpaired) electrons. The van der Waals surface area contributed by atoms with Crippen molar-refractivity contribution in [1.29, 1.82) is 0 Å². The van der Waals surface area contributed by atoms with Crippen molar-refractivity contribution in [1.82, 2.24) is 4.57 Å². The summed E-state index contributed by atoms with van der Waals surface area (Å²) in [7, 11) is 0. The molecule has 1 aliphatic rings. The Labute approximate surface area is 201 Å². The summed E-state index contributed by atoms with van der Waals surface area (Å²) >= 11 is 0. The predicted molar refractivity (Wildman–Crippen MR) is 141 cm³/mol. The van der Waals surface area contributed by atoms with Gasteiger partial charge < -0.3 is 0 Å². The van der Waals surface area contributed by atoms with Gasteiger partial charge in [-0.1, -0.05) is 85.7 Å². The fraction of sp³-hybridized carbons (Fsp3) is 0.516. The van der Waals surface area contributed by atoms with Crippen LogP contribution in [0.25, 0.3) is 17.1 Å². The van der Waals surface area contributed by atoms with Gasteiger partial charge in [0.25, 0.3) is 5.82 Å². The Hall–Kier alpha value is -2.35. The van der Waals surface area contributed by atoms with E-state index < -0.39 is 0 Å². The quantitative estimate of drug-likeness (QED) is 0.338. The summed E-state index contributed by atoms with van der Waals surface area (Å²) in [6.45, 7) is 21.1. The first-order valence-corrected chi connectivity index (χ1v) is 13.1. The van der Waals surface area contributed by atoms with Crippen molar-refractivity contribution in [2.75, 3.05) is 0 Å². The molecule has 0 amide bonds. The molecule has 1 aromatic heterocycles. The second-order valence-electron chi connectivity index (χ2n) is 11.0. The van der Waals surface area contributed by atoms with Crippen LogP contribution in [0.15, 0.2) is 48.8 Å². The molecule has 176 valence electrons. The first kappa shape index (κ1) is 23.8. The first-order chi connectivity index (χ1) is 15.7. The van der Waals surface area contributed by atoms with Gasteiger partial charge in [-0.05, 0) is 54.7 Å². The Morgan fingerprint density at radius 2 is 1.45 bits per heavy atom. The lowest BCUT2D eigenvalue weighted by molar-refractivity contribution is -0.720. The largest absolute Gasteiger partial charge is 0.294 e. The highest BCUT2D eigenvalue weighted by Crippen LogP contribution is 2.48. The molecular formula is C31H43N2+. The van der Waals surface area contributed by atoms with Crippen molar-refractivity contribution in [3.05, 3.63) is 71.0 Å². The Balaban J connectivity index is 2.08. The average molecular weight is 444 g/mol. The van der Waals surface area contributed by atoms with E-state index in [1.54, 1.807) is 0 Å². The van der Waals surface area contributed by atoms with Crippen LogP contribution in [0.3, 0.4) is 0 Å². The zero-order valence-electron chi connectivity index (χ0n) is 22.2. The molecule has 2 aromatic carbocycles. The fourth-order valence-corrected chi connectivity index (χ4v) is 6.19. The van der Waals surface area contributed by atoms with Gasteiger partial charge in [-0.25, -0.2) is 4.57 Å². The zero-order chi connectivity index (χ0) is 24.1. The molecule has 0 N–H and O–H groups in total. The molecule has 2 heterocycles. The summed E-state index contributed by atoms with van der Waals surface area (Å²) in [5.41, 5.74) is 8.82. The van der Waals surface area contributed by atoms with E-state index in [2.05, 4.69) is 120 Å². The van der Waals surface area contributed by atoms with Crippen molar-refractivity contribution >= 4 is 0 Å². The molecule has 3 aromatic rings. The summed E-state index contributed by atoms with van der Waals surface area (Å²) in [6.07, 6.45) is 6.96. The third-order valence-corrected chi connectivity index (χ3v) is 8.38. The SMILES string of the molecule is CCC1(CC)c2ccccc2-c2n(-c3c(C(C)C)cc(C(C)C)cc3C(C)C)cc[n+]2C1C. The second kappa shape index (κ2) is 8.78. The normalized spacial score (nSPS) is 17.0. The average Bonchev–Trinajstić information content (AvgIpc) is 3.24. The maximum Gasteiger partial charge on any atom is 0.294 e. The van der Waals surface area contributed by atoms with E-state index in [0.717, 1.165) is 12.8 Å². The minimum atomic E-state index is 0.170. The molecule has 0 spiro atoms. The highest BCUT2D eigenvalue weighted by molar-refractivity contribution is 5.66. The molecule has 1 aliphatic heterocycles. The van der Waals surface area contributed by atoms with Crippen LogP contribution in [-0.4, -0.2) is 4.57 Å². The lowest BCUT2D eigenvalue weighted by Crippen LogP contribution is -2.53. The van der Waals surface area contributed by atoms with Crippen LogP contribution in [0.1, 0.15) is 121 Å².